The van der Waals surface area contributed by atoms with Gasteiger partial charge in [0.15, 0.2) is 0 Å². The van der Waals surface area contributed by atoms with Crippen molar-refractivity contribution in [3.8, 4) is 0 Å². The van der Waals surface area contributed by atoms with Gasteiger partial charge < -0.3 is 15.1 Å². The van der Waals surface area contributed by atoms with E-state index in [0.717, 1.165) is 69.2 Å². The molecule has 0 bridgehead atoms. The second-order valence-electron chi connectivity index (χ2n) is 11.3. The third-order valence-electron chi connectivity index (χ3n) is 8.93. The predicted molar refractivity (Wildman–Crippen MR) is 158 cm³/mol. The molecular weight excluding hydrogens is 562 g/mol. The first-order valence-electron chi connectivity index (χ1n) is 14.1. The molecule has 1 atom stereocenters. The molecule has 206 valence electrons. The number of benzene rings is 2. The van der Waals surface area contributed by atoms with Gasteiger partial charge in [0.1, 0.15) is 0 Å². The van der Waals surface area contributed by atoms with Crippen LogP contribution in [0.4, 0.5) is 0 Å². The van der Waals surface area contributed by atoms with E-state index in [1.807, 2.05) is 18.2 Å². The van der Waals surface area contributed by atoms with Crippen molar-refractivity contribution in [3.05, 3.63) is 70.2 Å². The SMILES string of the molecule is Cl.O=C(NC(CCN1CCC2(CC1)CCN(Cc1ccc(Br)cc1)C2=O)c1ccccc1)C1CCCCC1. The molecule has 2 amide bonds. The van der Waals surface area contributed by atoms with E-state index in [1.54, 1.807) is 0 Å². The summed E-state index contributed by atoms with van der Waals surface area (Å²) in [6.45, 7) is 4.42. The van der Waals surface area contributed by atoms with Crippen LogP contribution in [-0.4, -0.2) is 47.8 Å². The van der Waals surface area contributed by atoms with Gasteiger partial charge in [0.25, 0.3) is 0 Å². The number of carbonyl (C=O) groups excluding carboxylic acids is 2. The summed E-state index contributed by atoms with van der Waals surface area (Å²) >= 11 is 3.49. The van der Waals surface area contributed by atoms with Crippen LogP contribution in [0.5, 0.6) is 0 Å². The Morgan fingerprint density at radius 1 is 0.947 bits per heavy atom. The fraction of sp³-hybridized carbons (Fsp3) is 0.548. The molecule has 1 aliphatic carbocycles. The van der Waals surface area contributed by atoms with Crippen LogP contribution in [0.15, 0.2) is 59.1 Å². The smallest absolute Gasteiger partial charge is 0.229 e. The summed E-state index contributed by atoms with van der Waals surface area (Å²) in [5, 5.41) is 3.40. The number of nitrogens with zero attached hydrogens (tertiary/aromatic N) is 2. The van der Waals surface area contributed by atoms with Crippen molar-refractivity contribution >= 4 is 40.2 Å². The summed E-state index contributed by atoms with van der Waals surface area (Å²) in [5.41, 5.74) is 2.20. The molecule has 7 heteroatoms. The lowest BCUT2D eigenvalue weighted by atomic mass is 9.77. The van der Waals surface area contributed by atoms with Crippen molar-refractivity contribution in [3.63, 3.8) is 0 Å². The Morgan fingerprint density at radius 2 is 1.61 bits per heavy atom. The molecule has 0 aromatic heterocycles. The van der Waals surface area contributed by atoms with Crippen LogP contribution < -0.4 is 5.32 Å². The molecule has 0 radical (unpaired) electrons. The van der Waals surface area contributed by atoms with E-state index in [9.17, 15) is 9.59 Å². The van der Waals surface area contributed by atoms with Crippen LogP contribution in [0.3, 0.4) is 0 Å². The molecule has 1 spiro atoms. The van der Waals surface area contributed by atoms with Gasteiger partial charge in [-0.05, 0) is 74.9 Å². The Hall–Kier alpha value is -1.89. The first-order valence-corrected chi connectivity index (χ1v) is 14.9. The molecule has 2 aromatic carbocycles. The third kappa shape index (κ3) is 7.00. The van der Waals surface area contributed by atoms with Crippen molar-refractivity contribution in [2.45, 2.75) is 70.4 Å². The molecule has 1 unspecified atom stereocenters. The van der Waals surface area contributed by atoms with Crippen molar-refractivity contribution in [2.75, 3.05) is 26.2 Å². The molecular formula is C31H41BrClN3O2. The van der Waals surface area contributed by atoms with Gasteiger partial charge in [0.05, 0.1) is 11.5 Å². The molecule has 2 aromatic rings. The summed E-state index contributed by atoms with van der Waals surface area (Å²) in [7, 11) is 0. The summed E-state index contributed by atoms with van der Waals surface area (Å²) in [6, 6.07) is 18.8. The topological polar surface area (TPSA) is 52.7 Å². The zero-order valence-corrected chi connectivity index (χ0v) is 24.6. The van der Waals surface area contributed by atoms with Crippen LogP contribution in [-0.2, 0) is 16.1 Å². The predicted octanol–water partition coefficient (Wildman–Crippen LogP) is 6.51. The highest BCUT2D eigenvalue weighted by Gasteiger charge is 2.47. The number of nitrogens with one attached hydrogen (secondary N) is 1. The Balaban J connectivity index is 0.00000336. The molecule has 2 saturated heterocycles. The lowest BCUT2D eigenvalue weighted by Crippen LogP contribution is -2.45. The molecule has 1 saturated carbocycles. The van der Waals surface area contributed by atoms with E-state index < -0.39 is 0 Å². The number of amides is 2. The summed E-state index contributed by atoms with van der Waals surface area (Å²) < 4.78 is 1.07. The van der Waals surface area contributed by atoms with Crippen molar-refractivity contribution in [1.82, 2.24) is 15.1 Å². The molecule has 38 heavy (non-hydrogen) atoms. The van der Waals surface area contributed by atoms with E-state index in [0.29, 0.717) is 12.5 Å². The fourth-order valence-corrected chi connectivity index (χ4v) is 6.76. The van der Waals surface area contributed by atoms with E-state index in [4.69, 9.17) is 0 Å². The number of carbonyl (C=O) groups is 2. The second-order valence-corrected chi connectivity index (χ2v) is 12.2. The van der Waals surface area contributed by atoms with Gasteiger partial charge in [-0.15, -0.1) is 12.4 Å². The van der Waals surface area contributed by atoms with Crippen molar-refractivity contribution < 1.29 is 9.59 Å². The van der Waals surface area contributed by atoms with Gasteiger partial charge >= 0.3 is 0 Å². The molecule has 3 aliphatic rings. The summed E-state index contributed by atoms with van der Waals surface area (Å²) in [6.07, 6.45) is 9.39. The van der Waals surface area contributed by atoms with Crippen LogP contribution in [0.2, 0.25) is 0 Å². The average Bonchev–Trinajstić information content (AvgIpc) is 3.23. The highest BCUT2D eigenvalue weighted by Crippen LogP contribution is 2.42. The zero-order valence-electron chi connectivity index (χ0n) is 22.2. The maximum atomic E-state index is 13.4. The Labute approximate surface area is 242 Å². The molecule has 5 rings (SSSR count). The minimum absolute atomic E-state index is 0. The lowest BCUT2D eigenvalue weighted by molar-refractivity contribution is -0.139. The number of hydrogen-bond acceptors (Lipinski definition) is 3. The van der Waals surface area contributed by atoms with E-state index in [2.05, 4.69) is 67.4 Å². The minimum atomic E-state index is -0.181. The third-order valence-corrected chi connectivity index (χ3v) is 9.46. The minimum Gasteiger partial charge on any atom is -0.349 e. The van der Waals surface area contributed by atoms with Crippen LogP contribution in [0, 0.1) is 11.3 Å². The summed E-state index contributed by atoms with van der Waals surface area (Å²) in [4.78, 5) is 31.0. The quantitative estimate of drug-likeness (QED) is 0.375. The van der Waals surface area contributed by atoms with Gasteiger partial charge in [-0.1, -0.05) is 77.7 Å². The number of halogens is 2. The summed E-state index contributed by atoms with van der Waals surface area (Å²) in [5.74, 6) is 0.745. The average molecular weight is 603 g/mol. The lowest BCUT2D eigenvalue weighted by Gasteiger charge is -2.38. The Kier molecular flexibility index (Phi) is 10.3. The molecule has 5 nitrogen and oxygen atoms in total. The van der Waals surface area contributed by atoms with Gasteiger partial charge in [-0.2, -0.15) is 0 Å². The van der Waals surface area contributed by atoms with Crippen molar-refractivity contribution in [1.29, 1.82) is 0 Å². The van der Waals surface area contributed by atoms with Gasteiger partial charge in [-0.25, -0.2) is 0 Å². The maximum absolute atomic E-state index is 13.4. The Morgan fingerprint density at radius 3 is 2.29 bits per heavy atom. The number of rotatable bonds is 8. The largest absolute Gasteiger partial charge is 0.349 e. The van der Waals surface area contributed by atoms with E-state index in [1.165, 1.54) is 30.4 Å². The monoisotopic (exact) mass is 601 g/mol. The van der Waals surface area contributed by atoms with Gasteiger partial charge in [0.2, 0.25) is 11.8 Å². The zero-order chi connectivity index (χ0) is 25.7. The normalized spacial score (nSPS) is 20.8. The molecule has 3 fully saturated rings. The van der Waals surface area contributed by atoms with Gasteiger partial charge in [0, 0.05) is 30.0 Å². The van der Waals surface area contributed by atoms with E-state index >= 15 is 0 Å². The number of likely N-dealkylation sites (tertiary alicyclic amines) is 2. The molecule has 2 heterocycles. The highest BCUT2D eigenvalue weighted by molar-refractivity contribution is 9.10. The van der Waals surface area contributed by atoms with Gasteiger partial charge in [-0.3, -0.25) is 9.59 Å². The number of piperidine rings is 1. The second kappa shape index (κ2) is 13.5. The van der Waals surface area contributed by atoms with Crippen LogP contribution in [0.25, 0.3) is 0 Å². The Bertz CT molecular complexity index is 1050. The van der Waals surface area contributed by atoms with E-state index in [-0.39, 0.29) is 35.7 Å². The highest BCUT2D eigenvalue weighted by atomic mass is 79.9. The standard InChI is InChI=1S/C31H40BrN3O2.ClH/c32-27-13-11-24(12-14-27)23-35-22-18-31(30(35)37)16-20-34(21-17-31)19-15-28(25-7-3-1-4-8-25)33-29(36)26-9-5-2-6-10-26;/h1,3-4,7-8,11-14,26,28H,2,5-6,9-10,15-23H2,(H,33,36);1H. The molecule has 2 aliphatic heterocycles. The number of hydrogen-bond donors (Lipinski definition) is 1. The first-order chi connectivity index (χ1) is 18.0. The fourth-order valence-electron chi connectivity index (χ4n) is 6.50. The first kappa shape index (κ1) is 29.1. The maximum Gasteiger partial charge on any atom is 0.229 e. The van der Waals surface area contributed by atoms with Crippen LogP contribution in [0.1, 0.15) is 75.0 Å². The van der Waals surface area contributed by atoms with Crippen LogP contribution >= 0.6 is 28.3 Å². The molecule has 1 N–H and O–H groups in total. The van der Waals surface area contributed by atoms with Crippen molar-refractivity contribution in [2.24, 2.45) is 11.3 Å².